The topological polar surface area (TPSA) is 74.8 Å². The summed E-state index contributed by atoms with van der Waals surface area (Å²) >= 11 is 0. The molecule has 4 rings (SSSR count). The molecule has 1 aromatic carbocycles. The van der Waals surface area contributed by atoms with Gasteiger partial charge in [0.05, 0.1) is 18.6 Å². The Hall–Kier alpha value is -2.93. The Morgan fingerprint density at radius 3 is 2.65 bits per heavy atom. The van der Waals surface area contributed by atoms with E-state index in [4.69, 9.17) is 4.74 Å². The average Bonchev–Trinajstić information content (AvgIpc) is 2.84. The Kier molecular flexibility index (Phi) is 6.82. The molecule has 3 heterocycles. The third-order valence-corrected chi connectivity index (χ3v) is 6.11. The first kappa shape index (κ1) is 21.3. The maximum Gasteiger partial charge on any atom is 0.310 e. The number of rotatable bonds is 5. The van der Waals surface area contributed by atoms with Crippen LogP contribution in [-0.2, 0) is 9.53 Å². The van der Waals surface area contributed by atoms with Crippen LogP contribution in [0.2, 0.25) is 0 Å². The molecule has 1 aromatic heterocycles. The van der Waals surface area contributed by atoms with Crippen molar-refractivity contribution in [2.45, 2.75) is 25.8 Å². The second kappa shape index (κ2) is 9.92. The summed E-state index contributed by atoms with van der Waals surface area (Å²) in [4.78, 5) is 33.4. The Balaban J connectivity index is 1.46. The number of piperazine rings is 1. The number of aromatic nitrogens is 1. The van der Waals surface area contributed by atoms with Gasteiger partial charge < -0.3 is 19.9 Å². The Morgan fingerprint density at radius 1 is 1.13 bits per heavy atom. The van der Waals surface area contributed by atoms with Crippen molar-refractivity contribution in [2.75, 3.05) is 44.2 Å². The third kappa shape index (κ3) is 4.88. The number of amides is 1. The van der Waals surface area contributed by atoms with Gasteiger partial charge in [-0.25, -0.2) is 0 Å². The second-order valence-electron chi connectivity index (χ2n) is 8.08. The molecule has 2 fully saturated rings. The van der Waals surface area contributed by atoms with Gasteiger partial charge in [0.2, 0.25) is 0 Å². The second-order valence-corrected chi connectivity index (χ2v) is 8.08. The number of piperidine rings is 1. The lowest BCUT2D eigenvalue weighted by molar-refractivity contribution is -0.149. The molecule has 0 saturated carbocycles. The number of hydrogen-bond donors (Lipinski definition) is 1. The first-order valence-electron chi connectivity index (χ1n) is 11.1. The molecular weight excluding hydrogens is 392 g/mol. The van der Waals surface area contributed by atoms with Gasteiger partial charge in [-0.1, -0.05) is 0 Å². The predicted octanol–water partition coefficient (Wildman–Crippen LogP) is 2.65. The molecule has 2 saturated heterocycles. The van der Waals surface area contributed by atoms with Crippen molar-refractivity contribution in [2.24, 2.45) is 5.92 Å². The van der Waals surface area contributed by atoms with Crippen LogP contribution in [0.5, 0.6) is 0 Å². The van der Waals surface area contributed by atoms with E-state index in [0.717, 1.165) is 38.2 Å². The molecular formula is C24H30N4O3. The van der Waals surface area contributed by atoms with Crippen LogP contribution < -0.4 is 10.2 Å². The summed E-state index contributed by atoms with van der Waals surface area (Å²) in [6.45, 7) is 5.98. The molecule has 2 atom stereocenters. The fourth-order valence-electron chi connectivity index (χ4n) is 4.49. The quantitative estimate of drug-likeness (QED) is 0.747. The number of anilines is 1. The number of nitrogens with one attached hydrogen (secondary N) is 1. The van der Waals surface area contributed by atoms with Crippen LogP contribution in [0.1, 0.15) is 41.7 Å². The summed E-state index contributed by atoms with van der Waals surface area (Å²) in [6.07, 6.45) is 5.25. The number of pyridine rings is 1. The number of benzene rings is 1. The SMILES string of the molecule is CCOC(=O)C1CCCN(C(=O)c2ccc(N3CCNCC3c3ccncc3)cc2)C1. The first-order chi connectivity index (χ1) is 15.2. The van der Waals surface area contributed by atoms with E-state index in [0.29, 0.717) is 25.3 Å². The molecule has 1 amide bonds. The summed E-state index contributed by atoms with van der Waals surface area (Å²) < 4.78 is 5.15. The van der Waals surface area contributed by atoms with Crippen molar-refractivity contribution in [3.05, 3.63) is 59.9 Å². The molecule has 7 nitrogen and oxygen atoms in total. The molecule has 2 aliphatic heterocycles. The van der Waals surface area contributed by atoms with Crippen molar-refractivity contribution in [3.63, 3.8) is 0 Å². The highest BCUT2D eigenvalue weighted by Gasteiger charge is 2.30. The number of nitrogens with zero attached hydrogens (tertiary/aromatic N) is 3. The lowest BCUT2D eigenvalue weighted by atomic mass is 9.97. The molecule has 1 N–H and O–H groups in total. The fourth-order valence-corrected chi connectivity index (χ4v) is 4.49. The van der Waals surface area contributed by atoms with Crippen molar-refractivity contribution in [3.8, 4) is 0 Å². The summed E-state index contributed by atoms with van der Waals surface area (Å²) in [6, 6.07) is 12.2. The minimum Gasteiger partial charge on any atom is -0.466 e. The molecule has 164 valence electrons. The minimum absolute atomic E-state index is 0.0217. The maximum absolute atomic E-state index is 13.0. The zero-order valence-corrected chi connectivity index (χ0v) is 18.0. The summed E-state index contributed by atoms with van der Waals surface area (Å²) in [7, 11) is 0. The highest BCUT2D eigenvalue weighted by Crippen LogP contribution is 2.29. The highest BCUT2D eigenvalue weighted by atomic mass is 16.5. The zero-order chi connectivity index (χ0) is 21.6. The smallest absolute Gasteiger partial charge is 0.310 e. The molecule has 31 heavy (non-hydrogen) atoms. The molecule has 0 radical (unpaired) electrons. The summed E-state index contributed by atoms with van der Waals surface area (Å²) in [5.74, 6) is -0.443. The predicted molar refractivity (Wildman–Crippen MR) is 119 cm³/mol. The maximum atomic E-state index is 13.0. The fraction of sp³-hybridized carbons (Fsp3) is 0.458. The van der Waals surface area contributed by atoms with Crippen LogP contribution in [0.25, 0.3) is 0 Å². The lowest BCUT2D eigenvalue weighted by Crippen LogP contribution is -2.46. The van der Waals surface area contributed by atoms with Crippen molar-refractivity contribution >= 4 is 17.6 Å². The molecule has 2 unspecified atom stereocenters. The van der Waals surface area contributed by atoms with Crippen LogP contribution in [0.3, 0.4) is 0 Å². The van der Waals surface area contributed by atoms with Gasteiger partial charge in [-0.05, 0) is 61.7 Å². The summed E-state index contributed by atoms with van der Waals surface area (Å²) in [5, 5.41) is 3.47. The van der Waals surface area contributed by atoms with Gasteiger partial charge in [-0.15, -0.1) is 0 Å². The van der Waals surface area contributed by atoms with Crippen LogP contribution >= 0.6 is 0 Å². The molecule has 0 spiro atoms. The number of esters is 1. The lowest BCUT2D eigenvalue weighted by Gasteiger charge is -2.38. The van der Waals surface area contributed by atoms with E-state index in [1.165, 1.54) is 5.56 Å². The Labute approximate surface area is 183 Å². The van der Waals surface area contributed by atoms with Crippen LogP contribution in [0.15, 0.2) is 48.8 Å². The number of hydrogen-bond acceptors (Lipinski definition) is 6. The van der Waals surface area contributed by atoms with Crippen LogP contribution in [-0.4, -0.2) is 61.1 Å². The number of likely N-dealkylation sites (tertiary alicyclic amines) is 1. The standard InChI is InChI=1S/C24H30N4O3/c1-2-31-24(30)20-4-3-14-27(17-20)23(29)19-5-7-21(8-6-19)28-15-13-26-16-22(28)18-9-11-25-12-10-18/h5-12,20,22,26H,2-4,13-17H2,1H3. The van der Waals surface area contributed by atoms with Gasteiger partial charge in [-0.2, -0.15) is 0 Å². The van der Waals surface area contributed by atoms with Gasteiger partial charge >= 0.3 is 5.97 Å². The van der Waals surface area contributed by atoms with E-state index in [9.17, 15) is 9.59 Å². The first-order valence-corrected chi connectivity index (χ1v) is 11.1. The highest BCUT2D eigenvalue weighted by molar-refractivity contribution is 5.95. The van der Waals surface area contributed by atoms with E-state index in [1.54, 1.807) is 4.90 Å². The normalized spacial score (nSPS) is 21.6. The van der Waals surface area contributed by atoms with Gasteiger partial charge in [0.25, 0.3) is 5.91 Å². The minimum atomic E-state index is -0.223. The van der Waals surface area contributed by atoms with Gasteiger partial charge in [-0.3, -0.25) is 14.6 Å². The van der Waals surface area contributed by atoms with E-state index < -0.39 is 0 Å². The van der Waals surface area contributed by atoms with Crippen molar-refractivity contribution in [1.29, 1.82) is 0 Å². The van der Waals surface area contributed by atoms with Crippen molar-refractivity contribution < 1.29 is 14.3 Å². The van der Waals surface area contributed by atoms with E-state index in [2.05, 4.69) is 27.3 Å². The van der Waals surface area contributed by atoms with E-state index in [-0.39, 0.29) is 23.8 Å². The molecule has 7 heteroatoms. The summed E-state index contributed by atoms with van der Waals surface area (Å²) in [5.41, 5.74) is 2.98. The largest absolute Gasteiger partial charge is 0.466 e. The van der Waals surface area contributed by atoms with E-state index >= 15 is 0 Å². The van der Waals surface area contributed by atoms with E-state index in [1.807, 2.05) is 43.6 Å². The average molecular weight is 423 g/mol. The van der Waals surface area contributed by atoms with Crippen LogP contribution in [0, 0.1) is 5.92 Å². The number of ether oxygens (including phenoxy) is 1. The number of carbonyl (C=O) groups is 2. The van der Waals surface area contributed by atoms with Gasteiger partial charge in [0.1, 0.15) is 0 Å². The molecule has 2 aromatic rings. The van der Waals surface area contributed by atoms with Crippen LogP contribution in [0.4, 0.5) is 5.69 Å². The Morgan fingerprint density at radius 2 is 1.90 bits per heavy atom. The monoisotopic (exact) mass is 422 g/mol. The van der Waals surface area contributed by atoms with Gasteiger partial charge in [0, 0.05) is 56.4 Å². The van der Waals surface area contributed by atoms with Crippen molar-refractivity contribution in [1.82, 2.24) is 15.2 Å². The zero-order valence-electron chi connectivity index (χ0n) is 18.0. The number of carbonyl (C=O) groups excluding carboxylic acids is 2. The molecule has 0 aliphatic carbocycles. The van der Waals surface area contributed by atoms with Gasteiger partial charge in [0.15, 0.2) is 0 Å². The third-order valence-electron chi connectivity index (χ3n) is 6.11. The molecule has 2 aliphatic rings. The molecule has 0 bridgehead atoms. The Bertz CT molecular complexity index is 887.